The fourth-order valence-electron chi connectivity index (χ4n) is 3.65. The van der Waals surface area contributed by atoms with E-state index < -0.39 is 0 Å². The van der Waals surface area contributed by atoms with Crippen LogP contribution < -0.4 is 16.0 Å². The molecule has 0 saturated carbocycles. The molecule has 0 atom stereocenters. The van der Waals surface area contributed by atoms with E-state index in [2.05, 4.69) is 25.2 Å². The molecule has 0 bridgehead atoms. The number of fused-ring (bicyclic) bond motifs is 1. The molecule has 148 valence electrons. The van der Waals surface area contributed by atoms with Crippen LogP contribution in [0.15, 0.2) is 35.2 Å². The van der Waals surface area contributed by atoms with E-state index in [1.807, 2.05) is 12.1 Å². The van der Waals surface area contributed by atoms with Crippen molar-refractivity contribution in [1.82, 2.24) is 9.97 Å². The lowest BCUT2D eigenvalue weighted by molar-refractivity contribution is -0.124. The highest BCUT2D eigenvalue weighted by molar-refractivity contribution is 6.69. The summed E-state index contributed by atoms with van der Waals surface area (Å²) in [5.41, 5.74) is 8.23. The Labute approximate surface area is 173 Å². The van der Waals surface area contributed by atoms with Gasteiger partial charge in [0, 0.05) is 43.3 Å². The van der Waals surface area contributed by atoms with Crippen LogP contribution in [0.25, 0.3) is 10.9 Å². The van der Waals surface area contributed by atoms with Crippen LogP contribution in [0, 0.1) is 5.41 Å². The highest BCUT2D eigenvalue weighted by Crippen LogP contribution is 2.41. The molecular weight excluding hydrogens is 399 g/mol. The largest absolute Gasteiger partial charge is 0.403 e. The summed E-state index contributed by atoms with van der Waals surface area (Å²) in [6.45, 7) is 3.70. The van der Waals surface area contributed by atoms with Gasteiger partial charge in [-0.1, -0.05) is 23.2 Å². The topological polar surface area (TPSA) is 88.7 Å². The van der Waals surface area contributed by atoms with E-state index in [1.54, 1.807) is 13.2 Å². The number of nitrogens with two attached hydrogens (primary N) is 1. The minimum Gasteiger partial charge on any atom is -0.403 e. The van der Waals surface area contributed by atoms with Crippen LogP contribution in [0.4, 0.5) is 11.6 Å². The van der Waals surface area contributed by atoms with E-state index >= 15 is 0 Å². The molecule has 3 N–H and O–H groups in total. The molecule has 2 fully saturated rings. The molecule has 3 heterocycles. The number of aliphatic imine (C=N–C) groups is 1. The Kier molecular flexibility index (Phi) is 5.31. The van der Waals surface area contributed by atoms with Crippen molar-refractivity contribution in [3.8, 4) is 0 Å². The Hall–Kier alpha value is -2.09. The highest BCUT2D eigenvalue weighted by Gasteiger charge is 2.41. The summed E-state index contributed by atoms with van der Waals surface area (Å²) in [7, 11) is 1.58. The lowest BCUT2D eigenvalue weighted by Crippen LogP contribution is -2.51. The first-order valence-electron chi connectivity index (χ1n) is 9.14. The van der Waals surface area contributed by atoms with Gasteiger partial charge < -0.3 is 20.7 Å². The molecule has 4 rings (SSSR count). The zero-order valence-corrected chi connectivity index (χ0v) is 17.1. The van der Waals surface area contributed by atoms with Gasteiger partial charge in [-0.3, -0.25) is 4.99 Å². The van der Waals surface area contributed by atoms with E-state index in [4.69, 9.17) is 33.7 Å². The smallest absolute Gasteiger partial charge is 0.227 e. The predicted octanol–water partition coefficient (Wildman–Crippen LogP) is 3.38. The fourth-order valence-corrected chi connectivity index (χ4v) is 4.05. The van der Waals surface area contributed by atoms with Crippen molar-refractivity contribution in [3.05, 3.63) is 35.2 Å². The third kappa shape index (κ3) is 3.62. The Morgan fingerprint density at radius 2 is 2.11 bits per heavy atom. The Balaban J connectivity index is 1.59. The number of aromatic nitrogens is 2. The second-order valence-corrected chi connectivity index (χ2v) is 8.02. The number of nitrogens with one attached hydrogen (secondary N) is 1. The normalized spacial score (nSPS) is 19.8. The highest BCUT2D eigenvalue weighted by atomic mass is 35.5. The van der Waals surface area contributed by atoms with E-state index in [9.17, 15) is 0 Å². The SMILES string of the molecule is CN=C(Cl)/C(=C\N)Nc1ncc2cc(Cl)c(N3CCC4(CC3)COC4)cc2n1. The predicted molar refractivity (Wildman–Crippen MR) is 114 cm³/mol. The Morgan fingerprint density at radius 1 is 1.36 bits per heavy atom. The third-order valence-corrected chi connectivity index (χ3v) is 6.14. The molecule has 2 saturated heterocycles. The number of rotatable bonds is 4. The van der Waals surface area contributed by atoms with Crippen molar-refractivity contribution in [2.24, 2.45) is 16.1 Å². The molecular formula is C19H22Cl2N6O. The maximum Gasteiger partial charge on any atom is 0.227 e. The second kappa shape index (κ2) is 7.73. The van der Waals surface area contributed by atoms with Crippen molar-refractivity contribution in [2.45, 2.75) is 12.8 Å². The number of hydrogen-bond acceptors (Lipinski definition) is 7. The summed E-state index contributed by atoms with van der Waals surface area (Å²) < 4.78 is 5.42. The molecule has 2 aliphatic rings. The number of anilines is 2. The van der Waals surface area contributed by atoms with Gasteiger partial charge in [-0.25, -0.2) is 9.97 Å². The molecule has 2 aromatic rings. The maximum atomic E-state index is 6.57. The number of halogens is 2. The molecule has 1 spiro atoms. The molecule has 2 aliphatic heterocycles. The summed E-state index contributed by atoms with van der Waals surface area (Å²) in [5.74, 6) is 0.392. The van der Waals surface area contributed by atoms with Gasteiger partial charge in [0.2, 0.25) is 5.95 Å². The molecule has 1 aromatic carbocycles. The minimum atomic E-state index is 0.255. The van der Waals surface area contributed by atoms with E-state index in [1.165, 1.54) is 6.20 Å². The summed E-state index contributed by atoms with van der Waals surface area (Å²) in [4.78, 5) is 15.1. The molecule has 28 heavy (non-hydrogen) atoms. The lowest BCUT2D eigenvalue weighted by atomic mass is 9.77. The molecule has 0 radical (unpaired) electrons. The van der Waals surface area contributed by atoms with E-state index in [0.29, 0.717) is 22.1 Å². The van der Waals surface area contributed by atoms with Crippen molar-refractivity contribution < 1.29 is 4.74 Å². The van der Waals surface area contributed by atoms with Gasteiger partial charge in [-0.05, 0) is 25.0 Å². The number of allylic oxidation sites excluding steroid dienone is 1. The third-order valence-electron chi connectivity index (χ3n) is 5.46. The average molecular weight is 421 g/mol. The fraction of sp³-hybridized carbons (Fsp3) is 0.421. The minimum absolute atomic E-state index is 0.255. The van der Waals surface area contributed by atoms with Crippen LogP contribution in [0.5, 0.6) is 0 Å². The number of piperidine rings is 1. The quantitative estimate of drug-likeness (QED) is 0.736. The Bertz CT molecular complexity index is 947. The van der Waals surface area contributed by atoms with Crippen LogP contribution in [0.2, 0.25) is 5.02 Å². The van der Waals surface area contributed by atoms with E-state index in [-0.39, 0.29) is 5.17 Å². The lowest BCUT2D eigenvalue weighted by Gasteiger charge is -2.48. The Morgan fingerprint density at radius 3 is 2.71 bits per heavy atom. The van der Waals surface area contributed by atoms with Crippen LogP contribution in [-0.2, 0) is 4.74 Å². The molecule has 9 heteroatoms. The van der Waals surface area contributed by atoms with Gasteiger partial charge in [0.15, 0.2) is 0 Å². The van der Waals surface area contributed by atoms with Gasteiger partial charge in [0.1, 0.15) is 5.17 Å². The summed E-state index contributed by atoms with van der Waals surface area (Å²) in [6.07, 6.45) is 5.31. The average Bonchev–Trinajstić information content (AvgIpc) is 2.70. The first-order valence-corrected chi connectivity index (χ1v) is 9.90. The van der Waals surface area contributed by atoms with Gasteiger partial charge in [-0.15, -0.1) is 0 Å². The monoisotopic (exact) mass is 420 g/mol. The summed E-state index contributed by atoms with van der Waals surface area (Å²) in [6, 6.07) is 3.92. The molecule has 0 unspecified atom stereocenters. The van der Waals surface area contributed by atoms with Crippen molar-refractivity contribution in [1.29, 1.82) is 0 Å². The van der Waals surface area contributed by atoms with Crippen LogP contribution >= 0.6 is 23.2 Å². The first-order chi connectivity index (χ1) is 13.5. The second-order valence-electron chi connectivity index (χ2n) is 7.26. The van der Waals surface area contributed by atoms with Gasteiger partial charge in [0.05, 0.1) is 35.1 Å². The number of ether oxygens (including phenoxy) is 1. The zero-order valence-electron chi connectivity index (χ0n) is 15.6. The van der Waals surface area contributed by atoms with Gasteiger partial charge >= 0.3 is 0 Å². The summed E-state index contributed by atoms with van der Waals surface area (Å²) >= 11 is 12.6. The summed E-state index contributed by atoms with van der Waals surface area (Å²) in [5, 5.41) is 4.84. The molecule has 1 aromatic heterocycles. The van der Waals surface area contributed by atoms with Crippen LogP contribution in [0.3, 0.4) is 0 Å². The standard InChI is InChI=1S/C19H22Cl2N6O/c1-23-17(21)15(8-22)26-18-24-9-12-6-13(20)16(7-14(12)25-18)27-4-2-19(3-5-27)10-28-11-19/h6-9H,2-5,10-11,22H2,1H3,(H,24,25,26)/b15-8+,23-17?. The molecule has 7 nitrogen and oxygen atoms in total. The number of hydrogen-bond donors (Lipinski definition) is 2. The van der Waals surface area contributed by atoms with Crippen molar-refractivity contribution in [2.75, 3.05) is 43.6 Å². The molecule has 0 aliphatic carbocycles. The maximum absolute atomic E-state index is 6.57. The number of benzene rings is 1. The molecule has 0 amide bonds. The van der Waals surface area contributed by atoms with Crippen LogP contribution in [0.1, 0.15) is 12.8 Å². The first kappa shape index (κ1) is 19.2. The van der Waals surface area contributed by atoms with Crippen molar-refractivity contribution in [3.63, 3.8) is 0 Å². The van der Waals surface area contributed by atoms with E-state index in [0.717, 1.165) is 55.7 Å². The number of nitrogens with zero attached hydrogens (tertiary/aromatic N) is 4. The van der Waals surface area contributed by atoms with Gasteiger partial charge in [-0.2, -0.15) is 0 Å². The van der Waals surface area contributed by atoms with Crippen LogP contribution in [-0.4, -0.2) is 48.5 Å². The van der Waals surface area contributed by atoms with Gasteiger partial charge in [0.25, 0.3) is 0 Å². The van der Waals surface area contributed by atoms with Crippen molar-refractivity contribution >= 4 is 50.9 Å². The zero-order chi connectivity index (χ0) is 19.7.